The lowest BCUT2D eigenvalue weighted by Crippen LogP contribution is -1.99. The number of fused-ring (bicyclic) bond motifs is 1. The molecule has 0 spiro atoms. The van der Waals surface area contributed by atoms with Crippen LogP contribution >= 0.6 is 11.3 Å². The average Bonchev–Trinajstić information content (AvgIpc) is 2.88. The molecule has 3 heterocycles. The van der Waals surface area contributed by atoms with Gasteiger partial charge >= 0.3 is 0 Å². The summed E-state index contributed by atoms with van der Waals surface area (Å²) in [7, 11) is 0. The molecule has 0 aromatic carbocycles. The van der Waals surface area contributed by atoms with Gasteiger partial charge < -0.3 is 5.73 Å². The normalized spacial score (nSPS) is 11.5. The number of hydrogen-bond donors (Lipinski definition) is 1. The molecular weight excluding hydrogens is 248 g/mol. The number of nitrogens with zero attached hydrogens (tertiary/aromatic N) is 5. The fraction of sp³-hybridized carbons (Fsp3) is 0.273. The fourth-order valence-corrected chi connectivity index (χ4v) is 2.55. The van der Waals surface area contributed by atoms with Gasteiger partial charge in [0.2, 0.25) is 4.96 Å². The molecule has 3 aromatic heterocycles. The molecule has 0 saturated carbocycles. The number of hydrogen-bond acceptors (Lipinski definition) is 6. The first kappa shape index (κ1) is 11.1. The molecule has 0 fully saturated rings. The highest BCUT2D eigenvalue weighted by Crippen LogP contribution is 2.28. The third-order valence-electron chi connectivity index (χ3n) is 2.57. The van der Waals surface area contributed by atoms with E-state index in [0.717, 1.165) is 15.8 Å². The monoisotopic (exact) mass is 260 g/mol. The number of nitrogens with two attached hydrogens (primary N) is 1. The Morgan fingerprint density at radius 3 is 2.89 bits per heavy atom. The zero-order valence-electron chi connectivity index (χ0n) is 10.0. The predicted octanol–water partition coefficient (Wildman–Crippen LogP) is 1.95. The van der Waals surface area contributed by atoms with Gasteiger partial charge in [0, 0.05) is 12.1 Å². The maximum Gasteiger partial charge on any atom is 0.235 e. The van der Waals surface area contributed by atoms with Crippen molar-refractivity contribution < 1.29 is 0 Å². The minimum absolute atomic E-state index is 0.274. The lowest BCUT2D eigenvalue weighted by atomic mass is 10.2. The van der Waals surface area contributed by atoms with Crippen molar-refractivity contribution in [3.05, 3.63) is 24.2 Å². The van der Waals surface area contributed by atoms with Crippen molar-refractivity contribution in [3.63, 3.8) is 0 Å². The number of pyridine rings is 1. The van der Waals surface area contributed by atoms with Gasteiger partial charge in [-0.1, -0.05) is 25.2 Å². The van der Waals surface area contributed by atoms with E-state index in [4.69, 9.17) is 5.73 Å². The Labute approximate surface area is 107 Å². The molecule has 3 aromatic rings. The number of aromatic nitrogens is 5. The summed E-state index contributed by atoms with van der Waals surface area (Å²) in [5.41, 5.74) is 7.22. The van der Waals surface area contributed by atoms with Crippen LogP contribution in [0.4, 0.5) is 5.69 Å². The standard InChI is InChI=1S/C11H12N6S/c1-6(2)9-14-15-11-17(9)16-10(18-11)8-7(12)4-3-5-13-8/h3-6H,12H2,1-2H3. The molecule has 0 radical (unpaired) electrons. The highest BCUT2D eigenvalue weighted by atomic mass is 32.1. The Kier molecular flexibility index (Phi) is 2.48. The molecule has 0 unspecified atom stereocenters. The Bertz CT molecular complexity index is 698. The van der Waals surface area contributed by atoms with Crippen LogP contribution in [-0.4, -0.2) is 24.8 Å². The lowest BCUT2D eigenvalue weighted by molar-refractivity contribution is 0.726. The third kappa shape index (κ3) is 1.63. The summed E-state index contributed by atoms with van der Waals surface area (Å²) in [4.78, 5) is 5.02. The zero-order chi connectivity index (χ0) is 12.7. The zero-order valence-corrected chi connectivity index (χ0v) is 10.8. The second-order valence-electron chi connectivity index (χ2n) is 4.26. The van der Waals surface area contributed by atoms with Crippen molar-refractivity contribution in [2.75, 3.05) is 5.73 Å². The summed E-state index contributed by atoms with van der Waals surface area (Å²) >= 11 is 1.44. The van der Waals surface area contributed by atoms with E-state index in [1.807, 2.05) is 6.07 Å². The van der Waals surface area contributed by atoms with Gasteiger partial charge in [-0.3, -0.25) is 4.98 Å². The molecule has 0 bridgehead atoms. The average molecular weight is 260 g/mol. The second kappa shape index (κ2) is 4.02. The molecule has 0 aliphatic carbocycles. The fourth-order valence-electron chi connectivity index (χ4n) is 1.68. The number of nitrogen functional groups attached to an aromatic ring is 1. The predicted molar refractivity (Wildman–Crippen MR) is 70.4 cm³/mol. The van der Waals surface area contributed by atoms with Gasteiger partial charge in [0.1, 0.15) is 5.69 Å². The van der Waals surface area contributed by atoms with Crippen LogP contribution in [-0.2, 0) is 0 Å². The van der Waals surface area contributed by atoms with Gasteiger partial charge in [-0.2, -0.15) is 9.61 Å². The maximum atomic E-state index is 5.90. The Morgan fingerprint density at radius 2 is 2.17 bits per heavy atom. The van der Waals surface area contributed by atoms with E-state index in [-0.39, 0.29) is 5.92 Å². The molecule has 2 N–H and O–H groups in total. The van der Waals surface area contributed by atoms with Crippen LogP contribution in [0.25, 0.3) is 15.7 Å². The van der Waals surface area contributed by atoms with Crippen LogP contribution in [0, 0.1) is 0 Å². The maximum absolute atomic E-state index is 5.90. The van der Waals surface area contributed by atoms with E-state index >= 15 is 0 Å². The Balaban J connectivity index is 2.17. The Morgan fingerprint density at radius 1 is 1.33 bits per heavy atom. The van der Waals surface area contributed by atoms with Gasteiger partial charge in [0.05, 0.1) is 5.69 Å². The topological polar surface area (TPSA) is 82.0 Å². The van der Waals surface area contributed by atoms with Gasteiger partial charge in [-0.15, -0.1) is 10.2 Å². The summed E-state index contributed by atoms with van der Waals surface area (Å²) in [6.07, 6.45) is 1.71. The largest absolute Gasteiger partial charge is 0.397 e. The summed E-state index contributed by atoms with van der Waals surface area (Å²) in [5, 5.41) is 13.5. The summed E-state index contributed by atoms with van der Waals surface area (Å²) in [6, 6.07) is 3.62. The minimum atomic E-state index is 0.274. The third-order valence-corrected chi connectivity index (χ3v) is 3.48. The first-order chi connectivity index (χ1) is 8.66. The Hall–Kier alpha value is -2.02. The summed E-state index contributed by atoms with van der Waals surface area (Å²) < 4.78 is 1.76. The summed E-state index contributed by atoms with van der Waals surface area (Å²) in [6.45, 7) is 4.12. The van der Waals surface area contributed by atoms with Crippen molar-refractivity contribution in [2.24, 2.45) is 0 Å². The van der Waals surface area contributed by atoms with Crippen molar-refractivity contribution in [1.82, 2.24) is 24.8 Å². The van der Waals surface area contributed by atoms with Crippen LogP contribution in [0.15, 0.2) is 18.3 Å². The molecule has 3 rings (SSSR count). The SMILES string of the molecule is CC(C)c1nnc2sc(-c3ncccc3N)nn12. The van der Waals surface area contributed by atoms with Crippen LogP contribution in [0.1, 0.15) is 25.6 Å². The molecule has 0 saturated heterocycles. The lowest BCUT2D eigenvalue weighted by Gasteiger charge is -1.99. The van der Waals surface area contributed by atoms with E-state index < -0.39 is 0 Å². The van der Waals surface area contributed by atoms with E-state index in [9.17, 15) is 0 Å². The van der Waals surface area contributed by atoms with E-state index in [1.165, 1.54) is 11.3 Å². The highest BCUT2D eigenvalue weighted by Gasteiger charge is 2.16. The first-order valence-electron chi connectivity index (χ1n) is 5.60. The highest BCUT2D eigenvalue weighted by molar-refractivity contribution is 7.19. The quantitative estimate of drug-likeness (QED) is 0.761. The molecule has 92 valence electrons. The van der Waals surface area contributed by atoms with Gasteiger partial charge in [-0.25, -0.2) is 0 Å². The van der Waals surface area contributed by atoms with Crippen LogP contribution in [0.3, 0.4) is 0 Å². The molecule has 18 heavy (non-hydrogen) atoms. The van der Waals surface area contributed by atoms with E-state index in [2.05, 4.69) is 34.1 Å². The molecule has 7 heteroatoms. The molecule has 0 atom stereocenters. The molecule has 0 aliphatic heterocycles. The second-order valence-corrected chi connectivity index (χ2v) is 5.21. The smallest absolute Gasteiger partial charge is 0.235 e. The number of rotatable bonds is 2. The van der Waals surface area contributed by atoms with E-state index in [1.54, 1.807) is 16.8 Å². The minimum Gasteiger partial charge on any atom is -0.397 e. The first-order valence-corrected chi connectivity index (χ1v) is 6.41. The molecular formula is C11H12N6S. The van der Waals surface area contributed by atoms with E-state index in [0.29, 0.717) is 11.4 Å². The van der Waals surface area contributed by atoms with Crippen molar-refractivity contribution in [3.8, 4) is 10.7 Å². The van der Waals surface area contributed by atoms with Gasteiger partial charge in [-0.05, 0) is 12.1 Å². The summed E-state index contributed by atoms with van der Waals surface area (Å²) in [5.74, 6) is 1.12. The molecule has 0 amide bonds. The van der Waals surface area contributed by atoms with Crippen molar-refractivity contribution in [1.29, 1.82) is 0 Å². The van der Waals surface area contributed by atoms with Gasteiger partial charge in [0.15, 0.2) is 10.8 Å². The van der Waals surface area contributed by atoms with Crippen LogP contribution in [0.2, 0.25) is 0 Å². The molecule has 6 nitrogen and oxygen atoms in total. The van der Waals surface area contributed by atoms with Crippen molar-refractivity contribution in [2.45, 2.75) is 19.8 Å². The van der Waals surface area contributed by atoms with Crippen LogP contribution < -0.4 is 5.73 Å². The molecule has 0 aliphatic rings. The van der Waals surface area contributed by atoms with Gasteiger partial charge in [0.25, 0.3) is 0 Å². The number of anilines is 1. The van der Waals surface area contributed by atoms with Crippen LogP contribution in [0.5, 0.6) is 0 Å². The van der Waals surface area contributed by atoms with Crippen molar-refractivity contribution >= 4 is 22.0 Å².